The summed E-state index contributed by atoms with van der Waals surface area (Å²) in [6.07, 6.45) is 6.17. The molecule has 2 unspecified atom stereocenters. The molecule has 1 aliphatic rings. The van der Waals surface area contributed by atoms with E-state index in [1.54, 1.807) is 0 Å². The highest BCUT2D eigenvalue weighted by molar-refractivity contribution is 5.96. The van der Waals surface area contributed by atoms with Crippen LogP contribution in [0.2, 0.25) is 0 Å². The number of rotatable bonds is 4. The van der Waals surface area contributed by atoms with Crippen LogP contribution < -0.4 is 0 Å². The molecule has 21 heavy (non-hydrogen) atoms. The Labute approximate surface area is 129 Å². The van der Waals surface area contributed by atoms with Crippen LogP contribution in [0.5, 0.6) is 0 Å². The van der Waals surface area contributed by atoms with Gasteiger partial charge in [-0.3, -0.25) is 4.79 Å². The second-order valence-corrected chi connectivity index (χ2v) is 7.63. The number of hydrogen-bond donors (Lipinski definition) is 1. The fourth-order valence-corrected chi connectivity index (χ4v) is 2.89. The normalized spacial score (nSPS) is 20.7. The third kappa shape index (κ3) is 4.44. The topological polar surface area (TPSA) is 40.5 Å². The van der Waals surface area contributed by atoms with Crippen LogP contribution in [0, 0.1) is 11.3 Å². The minimum absolute atomic E-state index is 0.0833. The Hall–Kier alpha value is -1.09. The Morgan fingerprint density at radius 1 is 1.24 bits per heavy atom. The van der Waals surface area contributed by atoms with E-state index in [-0.39, 0.29) is 29.3 Å². The summed E-state index contributed by atoms with van der Waals surface area (Å²) in [5, 5.41) is 10.3. The second-order valence-electron chi connectivity index (χ2n) is 7.63. The molecule has 0 aromatic heterocycles. The molecule has 0 bridgehead atoms. The van der Waals surface area contributed by atoms with Gasteiger partial charge in [0.2, 0.25) is 0 Å². The van der Waals surface area contributed by atoms with E-state index < -0.39 is 6.10 Å². The zero-order valence-corrected chi connectivity index (χ0v) is 14.6. The maximum absolute atomic E-state index is 12.6. The van der Waals surface area contributed by atoms with E-state index in [4.69, 9.17) is 0 Å². The quantitative estimate of drug-likeness (QED) is 0.861. The third-order valence-electron chi connectivity index (χ3n) is 4.02. The van der Waals surface area contributed by atoms with Crippen molar-refractivity contribution in [1.82, 2.24) is 4.90 Å². The van der Waals surface area contributed by atoms with Crippen molar-refractivity contribution in [1.29, 1.82) is 0 Å². The summed E-state index contributed by atoms with van der Waals surface area (Å²) in [6, 6.07) is 0.370. The molecule has 0 spiro atoms. The Morgan fingerprint density at radius 3 is 2.10 bits per heavy atom. The lowest BCUT2D eigenvalue weighted by Gasteiger charge is -2.34. The first kappa shape index (κ1) is 18.0. The van der Waals surface area contributed by atoms with E-state index in [2.05, 4.69) is 0 Å². The minimum atomic E-state index is -0.395. The standard InChI is InChI=1S/C18H31NO2/c1-12(2)19(13(3)4)17(21)15-10-8-14(9-11-15)16(20)18(5,6)7/h8,10-14,16,20H,9H2,1-7H3. The van der Waals surface area contributed by atoms with E-state index in [9.17, 15) is 9.90 Å². The molecule has 0 aromatic carbocycles. The van der Waals surface area contributed by atoms with Crippen LogP contribution in [0.15, 0.2) is 23.8 Å². The lowest BCUT2D eigenvalue weighted by atomic mass is 9.78. The van der Waals surface area contributed by atoms with Crippen molar-refractivity contribution in [3.05, 3.63) is 23.8 Å². The third-order valence-corrected chi connectivity index (χ3v) is 4.02. The molecule has 0 heterocycles. The van der Waals surface area contributed by atoms with Gasteiger partial charge < -0.3 is 10.0 Å². The predicted molar refractivity (Wildman–Crippen MR) is 87.9 cm³/mol. The molecule has 0 radical (unpaired) electrons. The van der Waals surface area contributed by atoms with Gasteiger partial charge in [-0.25, -0.2) is 0 Å². The summed E-state index contributed by atoms with van der Waals surface area (Å²) in [5.74, 6) is 0.174. The number of aliphatic hydroxyl groups excluding tert-OH is 1. The number of aliphatic hydroxyl groups is 1. The highest BCUT2D eigenvalue weighted by atomic mass is 16.3. The Balaban J connectivity index is 2.80. The molecule has 3 heteroatoms. The molecule has 0 saturated carbocycles. The van der Waals surface area contributed by atoms with Gasteiger partial charge in [0.25, 0.3) is 5.91 Å². The number of carbonyl (C=O) groups is 1. The molecule has 1 N–H and O–H groups in total. The van der Waals surface area contributed by atoms with E-state index >= 15 is 0 Å². The molecule has 0 fully saturated rings. The van der Waals surface area contributed by atoms with Gasteiger partial charge in [-0.1, -0.05) is 39.0 Å². The monoisotopic (exact) mass is 293 g/mol. The van der Waals surface area contributed by atoms with Gasteiger partial charge in [-0.2, -0.15) is 0 Å². The van der Waals surface area contributed by atoms with Crippen LogP contribution in [0.25, 0.3) is 0 Å². The summed E-state index contributed by atoms with van der Waals surface area (Å²) in [5.41, 5.74) is 0.599. The molecule has 3 nitrogen and oxygen atoms in total. The molecule has 120 valence electrons. The van der Waals surface area contributed by atoms with Crippen molar-refractivity contribution in [2.45, 2.75) is 73.1 Å². The molecule has 0 aromatic rings. The van der Waals surface area contributed by atoms with Gasteiger partial charge in [0.05, 0.1) is 6.10 Å². The highest BCUT2D eigenvalue weighted by Gasteiger charge is 2.31. The van der Waals surface area contributed by atoms with Crippen LogP contribution in [-0.4, -0.2) is 34.1 Å². The van der Waals surface area contributed by atoms with Gasteiger partial charge in [0.1, 0.15) is 0 Å². The van der Waals surface area contributed by atoms with Crippen molar-refractivity contribution < 1.29 is 9.90 Å². The summed E-state index contributed by atoms with van der Waals surface area (Å²) in [4.78, 5) is 14.5. The average molecular weight is 293 g/mol. The highest BCUT2D eigenvalue weighted by Crippen LogP contribution is 2.31. The van der Waals surface area contributed by atoms with E-state index in [0.29, 0.717) is 0 Å². The maximum atomic E-state index is 12.6. The molecular weight excluding hydrogens is 262 g/mol. The second kappa shape index (κ2) is 6.78. The first-order chi connectivity index (χ1) is 9.55. The van der Waals surface area contributed by atoms with Gasteiger partial charge in [0.15, 0.2) is 0 Å². The summed E-state index contributed by atoms with van der Waals surface area (Å²) >= 11 is 0. The molecule has 2 atom stereocenters. The van der Waals surface area contributed by atoms with Crippen molar-refractivity contribution in [3.8, 4) is 0 Å². The van der Waals surface area contributed by atoms with Gasteiger partial charge in [-0.15, -0.1) is 0 Å². The lowest BCUT2D eigenvalue weighted by Crippen LogP contribution is -2.43. The fourth-order valence-electron chi connectivity index (χ4n) is 2.89. The van der Waals surface area contributed by atoms with Crippen molar-refractivity contribution in [3.63, 3.8) is 0 Å². The first-order valence-electron chi connectivity index (χ1n) is 7.94. The van der Waals surface area contributed by atoms with Crippen LogP contribution in [0.4, 0.5) is 0 Å². The summed E-state index contributed by atoms with van der Waals surface area (Å²) < 4.78 is 0. The van der Waals surface area contributed by atoms with E-state index in [1.807, 2.05) is 71.6 Å². The van der Waals surface area contributed by atoms with Gasteiger partial charge >= 0.3 is 0 Å². The summed E-state index contributed by atoms with van der Waals surface area (Å²) in [6.45, 7) is 14.3. The molecular formula is C18H31NO2. The van der Waals surface area contributed by atoms with Crippen LogP contribution in [-0.2, 0) is 4.79 Å². The SMILES string of the molecule is CC(C)N(C(=O)C1=CCC(C(O)C(C)(C)C)C=C1)C(C)C. The Morgan fingerprint density at radius 2 is 1.76 bits per heavy atom. The van der Waals surface area contributed by atoms with Crippen molar-refractivity contribution in [2.24, 2.45) is 11.3 Å². The minimum Gasteiger partial charge on any atom is -0.392 e. The Bertz CT molecular complexity index is 419. The maximum Gasteiger partial charge on any atom is 0.253 e. The summed E-state index contributed by atoms with van der Waals surface area (Å²) in [7, 11) is 0. The number of hydrogen-bond acceptors (Lipinski definition) is 2. The molecule has 0 aliphatic heterocycles. The van der Waals surface area contributed by atoms with Crippen LogP contribution in [0.3, 0.4) is 0 Å². The molecule has 1 amide bonds. The van der Waals surface area contributed by atoms with Crippen LogP contribution >= 0.6 is 0 Å². The van der Waals surface area contributed by atoms with Crippen molar-refractivity contribution >= 4 is 5.91 Å². The predicted octanol–water partition coefficient (Wildman–Crippen LogP) is 3.54. The van der Waals surface area contributed by atoms with Gasteiger partial charge in [0, 0.05) is 23.6 Å². The van der Waals surface area contributed by atoms with E-state index in [0.717, 1.165) is 12.0 Å². The van der Waals surface area contributed by atoms with Crippen LogP contribution in [0.1, 0.15) is 54.9 Å². The zero-order chi connectivity index (χ0) is 16.4. The Kier molecular flexibility index (Phi) is 5.80. The molecule has 0 saturated heterocycles. The number of amides is 1. The number of allylic oxidation sites excluding steroid dienone is 1. The number of nitrogens with zero attached hydrogens (tertiary/aromatic N) is 1. The van der Waals surface area contributed by atoms with Gasteiger partial charge in [-0.05, 0) is 39.5 Å². The smallest absolute Gasteiger partial charge is 0.253 e. The van der Waals surface area contributed by atoms with E-state index in [1.165, 1.54) is 0 Å². The first-order valence-corrected chi connectivity index (χ1v) is 7.94. The fraction of sp³-hybridized carbons (Fsp3) is 0.722. The zero-order valence-electron chi connectivity index (χ0n) is 14.6. The van der Waals surface area contributed by atoms with Crippen molar-refractivity contribution in [2.75, 3.05) is 0 Å². The average Bonchev–Trinajstić information content (AvgIpc) is 2.36. The molecule has 1 aliphatic carbocycles. The number of carbonyl (C=O) groups excluding carboxylic acids is 1. The largest absolute Gasteiger partial charge is 0.392 e. The molecule has 1 rings (SSSR count). The lowest BCUT2D eigenvalue weighted by molar-refractivity contribution is -0.130.